The number of rotatable bonds is 5. The number of carbonyl (C=O) groups is 1. The molecule has 0 saturated carbocycles. The number of H-pyrrole nitrogens is 1. The molecule has 0 aliphatic rings. The molecule has 2 heterocycles. The first-order valence-electron chi connectivity index (χ1n) is 8.67. The lowest BCUT2D eigenvalue weighted by Gasteiger charge is -2.05. The standard InChI is InChI=1S/C21H17N3O3S/c1-14(25)27-13-16-11-20(26)24-21(23-16)19(12-22-24)15-7-9-18(10-8-15)28-17-5-3-2-4-6-17/h2-12,22H,13H2,1H3. The molecule has 0 atom stereocenters. The van der Waals surface area contributed by atoms with Crippen molar-refractivity contribution in [1.82, 2.24) is 14.6 Å². The molecule has 0 aliphatic carbocycles. The Labute approximate surface area is 165 Å². The molecular weight excluding hydrogens is 374 g/mol. The Morgan fingerprint density at radius 1 is 1.11 bits per heavy atom. The van der Waals surface area contributed by atoms with Gasteiger partial charge < -0.3 is 4.74 Å². The van der Waals surface area contributed by atoms with Crippen molar-refractivity contribution >= 4 is 23.4 Å². The third kappa shape index (κ3) is 3.84. The summed E-state index contributed by atoms with van der Waals surface area (Å²) in [5, 5.41) is 2.93. The predicted octanol–water partition coefficient (Wildman–Crippen LogP) is 3.90. The summed E-state index contributed by atoms with van der Waals surface area (Å²) in [6, 6.07) is 19.6. The quantitative estimate of drug-likeness (QED) is 0.522. The molecule has 0 unspecified atom stereocenters. The van der Waals surface area contributed by atoms with E-state index in [0.717, 1.165) is 16.0 Å². The maximum Gasteiger partial charge on any atom is 0.303 e. The van der Waals surface area contributed by atoms with Crippen LogP contribution in [0.4, 0.5) is 0 Å². The van der Waals surface area contributed by atoms with Gasteiger partial charge in [-0.25, -0.2) is 9.50 Å². The molecule has 0 fully saturated rings. The predicted molar refractivity (Wildman–Crippen MR) is 107 cm³/mol. The highest BCUT2D eigenvalue weighted by atomic mass is 32.2. The van der Waals surface area contributed by atoms with Crippen LogP contribution in [0.15, 0.2) is 81.4 Å². The molecule has 1 N–H and O–H groups in total. The Morgan fingerprint density at radius 3 is 2.54 bits per heavy atom. The second-order valence-corrected chi connectivity index (χ2v) is 7.30. The van der Waals surface area contributed by atoms with Crippen LogP contribution in [0.3, 0.4) is 0 Å². The maximum absolute atomic E-state index is 12.3. The lowest BCUT2D eigenvalue weighted by Crippen LogP contribution is -2.16. The average molecular weight is 391 g/mol. The Hall–Kier alpha value is -3.32. The van der Waals surface area contributed by atoms with Gasteiger partial charge in [0.2, 0.25) is 0 Å². The number of hydrogen-bond donors (Lipinski definition) is 1. The van der Waals surface area contributed by atoms with E-state index in [1.165, 1.54) is 22.4 Å². The second-order valence-electron chi connectivity index (χ2n) is 6.15. The van der Waals surface area contributed by atoms with Gasteiger partial charge in [-0.05, 0) is 29.8 Å². The Morgan fingerprint density at radius 2 is 1.82 bits per heavy atom. The summed E-state index contributed by atoms with van der Waals surface area (Å²) in [4.78, 5) is 30.1. The fourth-order valence-electron chi connectivity index (χ4n) is 2.82. The number of nitrogens with zero attached hydrogens (tertiary/aromatic N) is 2. The summed E-state index contributed by atoms with van der Waals surface area (Å²) >= 11 is 1.68. The highest BCUT2D eigenvalue weighted by Crippen LogP contribution is 2.30. The summed E-state index contributed by atoms with van der Waals surface area (Å²) < 4.78 is 6.34. The number of hydrogen-bond acceptors (Lipinski definition) is 5. The van der Waals surface area contributed by atoms with E-state index in [4.69, 9.17) is 4.74 Å². The van der Waals surface area contributed by atoms with Gasteiger partial charge in [-0.3, -0.25) is 14.7 Å². The van der Waals surface area contributed by atoms with E-state index in [-0.39, 0.29) is 12.2 Å². The number of fused-ring (bicyclic) bond motifs is 1. The molecule has 0 saturated heterocycles. The van der Waals surface area contributed by atoms with E-state index < -0.39 is 5.97 Å². The molecule has 0 radical (unpaired) electrons. The van der Waals surface area contributed by atoms with Gasteiger partial charge in [0.25, 0.3) is 5.56 Å². The smallest absolute Gasteiger partial charge is 0.303 e. The zero-order valence-corrected chi connectivity index (χ0v) is 15.9. The van der Waals surface area contributed by atoms with Gasteiger partial charge in [0.05, 0.1) is 5.69 Å². The molecule has 7 heteroatoms. The van der Waals surface area contributed by atoms with Crippen LogP contribution in [-0.2, 0) is 16.1 Å². The minimum absolute atomic E-state index is 0.0294. The molecule has 28 heavy (non-hydrogen) atoms. The van der Waals surface area contributed by atoms with Crippen molar-refractivity contribution in [3.63, 3.8) is 0 Å². The van der Waals surface area contributed by atoms with Crippen molar-refractivity contribution in [2.75, 3.05) is 0 Å². The molecule has 2 aromatic heterocycles. The van der Waals surface area contributed by atoms with Crippen LogP contribution in [0.25, 0.3) is 16.8 Å². The molecule has 4 aromatic rings. The third-order valence-corrected chi connectivity index (χ3v) is 5.13. The minimum atomic E-state index is -0.414. The number of esters is 1. The van der Waals surface area contributed by atoms with Crippen molar-refractivity contribution in [2.45, 2.75) is 23.3 Å². The van der Waals surface area contributed by atoms with E-state index in [1.807, 2.05) is 42.5 Å². The summed E-state index contributed by atoms with van der Waals surface area (Å²) in [5.74, 6) is -0.414. The van der Waals surface area contributed by atoms with Crippen molar-refractivity contribution in [2.24, 2.45) is 0 Å². The average Bonchev–Trinajstić information content (AvgIpc) is 3.12. The van der Waals surface area contributed by atoms with Crippen molar-refractivity contribution in [3.8, 4) is 11.1 Å². The number of aromatic amines is 1. The zero-order valence-electron chi connectivity index (χ0n) is 15.1. The monoisotopic (exact) mass is 391 g/mol. The summed E-state index contributed by atoms with van der Waals surface area (Å²) in [5.41, 5.74) is 2.40. The van der Waals surface area contributed by atoms with E-state index in [2.05, 4.69) is 22.2 Å². The Balaban J connectivity index is 1.65. The fraction of sp³-hybridized carbons (Fsp3) is 0.0952. The third-order valence-electron chi connectivity index (χ3n) is 4.12. The van der Waals surface area contributed by atoms with Gasteiger partial charge in [-0.15, -0.1) is 0 Å². The van der Waals surface area contributed by atoms with Crippen molar-refractivity contribution in [1.29, 1.82) is 0 Å². The fourth-order valence-corrected chi connectivity index (χ4v) is 3.66. The summed E-state index contributed by atoms with van der Waals surface area (Å²) in [7, 11) is 0. The van der Waals surface area contributed by atoms with E-state index in [1.54, 1.807) is 18.0 Å². The molecule has 2 aromatic carbocycles. The topological polar surface area (TPSA) is 76.5 Å². The lowest BCUT2D eigenvalue weighted by atomic mass is 10.1. The van der Waals surface area contributed by atoms with Gasteiger partial charge >= 0.3 is 5.97 Å². The molecule has 0 amide bonds. The number of nitrogens with one attached hydrogen (secondary N) is 1. The minimum Gasteiger partial charge on any atom is -0.459 e. The van der Waals surface area contributed by atoms with Crippen molar-refractivity contribution in [3.05, 3.63) is 82.9 Å². The van der Waals surface area contributed by atoms with Crippen LogP contribution in [0, 0.1) is 0 Å². The first kappa shape index (κ1) is 18.1. The summed E-state index contributed by atoms with van der Waals surface area (Å²) in [6.45, 7) is 1.29. The zero-order chi connectivity index (χ0) is 19.5. The maximum atomic E-state index is 12.3. The Kier molecular flexibility index (Phi) is 4.99. The summed E-state index contributed by atoms with van der Waals surface area (Å²) in [6.07, 6.45) is 1.75. The number of aromatic nitrogens is 3. The molecular formula is C21H17N3O3S. The SMILES string of the molecule is CC(=O)OCc1cc(=O)n2[nH]cc(-c3ccc(Sc4ccccc4)cc3)c2n1. The number of carbonyl (C=O) groups excluding carboxylic acids is 1. The van der Waals surface area contributed by atoms with E-state index >= 15 is 0 Å². The van der Waals surface area contributed by atoms with Gasteiger partial charge in [0.15, 0.2) is 5.65 Å². The van der Waals surface area contributed by atoms with E-state index in [0.29, 0.717) is 11.3 Å². The first-order valence-corrected chi connectivity index (χ1v) is 9.48. The second kappa shape index (κ2) is 7.74. The van der Waals surface area contributed by atoms with Crippen LogP contribution < -0.4 is 5.56 Å². The number of benzene rings is 2. The molecule has 6 nitrogen and oxygen atoms in total. The highest BCUT2D eigenvalue weighted by molar-refractivity contribution is 7.99. The van der Waals surface area contributed by atoms with Crippen LogP contribution in [-0.4, -0.2) is 20.6 Å². The first-order chi connectivity index (χ1) is 13.6. The highest BCUT2D eigenvalue weighted by Gasteiger charge is 2.12. The van der Waals surface area contributed by atoms with Gasteiger partial charge in [0, 0.05) is 34.5 Å². The van der Waals surface area contributed by atoms with Crippen molar-refractivity contribution < 1.29 is 9.53 Å². The van der Waals surface area contributed by atoms with Crippen LogP contribution in [0.2, 0.25) is 0 Å². The molecule has 0 aliphatic heterocycles. The van der Waals surface area contributed by atoms with Gasteiger partial charge in [-0.2, -0.15) is 0 Å². The van der Waals surface area contributed by atoms with E-state index in [9.17, 15) is 9.59 Å². The van der Waals surface area contributed by atoms with Crippen LogP contribution >= 0.6 is 11.8 Å². The van der Waals surface area contributed by atoms with Crippen LogP contribution in [0.5, 0.6) is 0 Å². The normalized spacial score (nSPS) is 10.9. The Bertz CT molecular complexity index is 1180. The molecule has 140 valence electrons. The largest absolute Gasteiger partial charge is 0.459 e. The molecule has 0 spiro atoms. The number of ether oxygens (including phenoxy) is 1. The van der Waals surface area contributed by atoms with Gasteiger partial charge in [0.1, 0.15) is 6.61 Å². The lowest BCUT2D eigenvalue weighted by molar-refractivity contribution is -0.142. The van der Waals surface area contributed by atoms with Crippen LogP contribution in [0.1, 0.15) is 12.6 Å². The molecule has 4 rings (SSSR count). The van der Waals surface area contributed by atoms with Gasteiger partial charge in [-0.1, -0.05) is 42.1 Å². The molecule has 0 bridgehead atoms.